The smallest absolute Gasteiger partial charge is 0.171 e. The van der Waals surface area contributed by atoms with Crippen molar-refractivity contribution in [3.8, 4) is 0 Å². The highest BCUT2D eigenvalue weighted by molar-refractivity contribution is 6.31. The molecule has 5 heteroatoms. The molecule has 0 aliphatic heterocycles. The first-order chi connectivity index (χ1) is 8.13. The number of aliphatic hydroxyl groups is 1. The summed E-state index contributed by atoms with van der Waals surface area (Å²) in [6.45, 7) is 4.51. The van der Waals surface area contributed by atoms with Crippen molar-refractivity contribution in [1.29, 1.82) is 0 Å². The minimum absolute atomic E-state index is 0.113. The average molecular weight is 256 g/mol. The quantitative estimate of drug-likeness (QED) is 0.895. The van der Waals surface area contributed by atoms with E-state index in [9.17, 15) is 0 Å². The summed E-state index contributed by atoms with van der Waals surface area (Å²) in [5.41, 5.74) is 1.75. The molecule has 1 N–H and O–H groups in total. The van der Waals surface area contributed by atoms with E-state index in [1.807, 2.05) is 13.8 Å². The van der Waals surface area contributed by atoms with Crippen LogP contribution in [-0.4, -0.2) is 34.3 Å². The Morgan fingerprint density at radius 1 is 1.29 bits per heavy atom. The van der Waals surface area contributed by atoms with Gasteiger partial charge >= 0.3 is 0 Å². The molecular formula is C12H18ClN3O. The second-order valence-corrected chi connectivity index (χ2v) is 4.87. The number of nitrogens with zero attached hydrogens (tertiary/aromatic N) is 3. The second kappa shape index (κ2) is 5.19. The van der Waals surface area contributed by atoms with Gasteiger partial charge in [-0.15, -0.1) is 0 Å². The Hall–Kier alpha value is -0.870. The Balaban J connectivity index is 2.31. The number of halogens is 1. The molecule has 94 valence electrons. The van der Waals surface area contributed by atoms with Crippen molar-refractivity contribution in [2.24, 2.45) is 0 Å². The van der Waals surface area contributed by atoms with E-state index in [1.165, 1.54) is 6.42 Å². The van der Waals surface area contributed by atoms with Crippen LogP contribution in [0.1, 0.15) is 30.7 Å². The summed E-state index contributed by atoms with van der Waals surface area (Å²) in [5.74, 6) is 0.716. The van der Waals surface area contributed by atoms with Crippen molar-refractivity contribution in [2.75, 3.05) is 18.1 Å². The SMILES string of the molecule is Cc1nc(Cl)c(N(CCO)C2CCC2)nc1C. The highest BCUT2D eigenvalue weighted by Gasteiger charge is 2.27. The van der Waals surface area contributed by atoms with Crippen LogP contribution in [0.2, 0.25) is 5.15 Å². The zero-order valence-electron chi connectivity index (χ0n) is 10.3. The molecule has 2 rings (SSSR count). The van der Waals surface area contributed by atoms with Crippen molar-refractivity contribution in [3.05, 3.63) is 16.5 Å². The minimum atomic E-state index is 0.113. The van der Waals surface area contributed by atoms with Crippen LogP contribution >= 0.6 is 11.6 Å². The van der Waals surface area contributed by atoms with Gasteiger partial charge in [0.25, 0.3) is 0 Å². The third-order valence-corrected chi connectivity index (χ3v) is 3.63. The van der Waals surface area contributed by atoms with E-state index in [4.69, 9.17) is 16.7 Å². The van der Waals surface area contributed by atoms with E-state index < -0.39 is 0 Å². The number of rotatable bonds is 4. The fourth-order valence-electron chi connectivity index (χ4n) is 2.01. The van der Waals surface area contributed by atoms with Gasteiger partial charge in [0.2, 0.25) is 0 Å². The fraction of sp³-hybridized carbons (Fsp3) is 0.667. The average Bonchev–Trinajstić information content (AvgIpc) is 2.20. The molecule has 0 bridgehead atoms. The van der Waals surface area contributed by atoms with Crippen LogP contribution < -0.4 is 4.90 Å². The zero-order chi connectivity index (χ0) is 12.4. The summed E-state index contributed by atoms with van der Waals surface area (Å²) < 4.78 is 0. The van der Waals surface area contributed by atoms with E-state index >= 15 is 0 Å². The topological polar surface area (TPSA) is 49.2 Å². The molecule has 0 saturated heterocycles. The summed E-state index contributed by atoms with van der Waals surface area (Å²) in [6.07, 6.45) is 3.53. The van der Waals surface area contributed by atoms with Gasteiger partial charge in [-0.3, -0.25) is 0 Å². The zero-order valence-corrected chi connectivity index (χ0v) is 11.0. The van der Waals surface area contributed by atoms with Crippen LogP contribution in [0.15, 0.2) is 0 Å². The van der Waals surface area contributed by atoms with E-state index in [2.05, 4.69) is 14.9 Å². The standard InChI is InChI=1S/C12H18ClN3O/c1-8-9(2)15-12(11(13)14-8)16(6-7-17)10-4-3-5-10/h10,17H,3-7H2,1-2H3. The Kier molecular flexibility index (Phi) is 3.84. The highest BCUT2D eigenvalue weighted by atomic mass is 35.5. The summed E-state index contributed by atoms with van der Waals surface area (Å²) in [4.78, 5) is 10.9. The number of aliphatic hydroxyl groups excluding tert-OH is 1. The van der Waals surface area contributed by atoms with Crippen molar-refractivity contribution >= 4 is 17.4 Å². The molecule has 0 unspecified atom stereocenters. The Bertz CT molecular complexity index is 407. The third-order valence-electron chi connectivity index (χ3n) is 3.38. The molecule has 1 saturated carbocycles. The van der Waals surface area contributed by atoms with Gasteiger partial charge in [0.1, 0.15) is 0 Å². The summed E-state index contributed by atoms with van der Waals surface area (Å²) in [5, 5.41) is 9.59. The lowest BCUT2D eigenvalue weighted by Gasteiger charge is -2.38. The van der Waals surface area contributed by atoms with E-state index in [0.29, 0.717) is 23.6 Å². The lowest BCUT2D eigenvalue weighted by Crippen LogP contribution is -2.42. The fourth-order valence-corrected chi connectivity index (χ4v) is 2.29. The number of aromatic nitrogens is 2. The first-order valence-electron chi connectivity index (χ1n) is 6.01. The molecule has 4 nitrogen and oxygen atoms in total. The molecule has 0 amide bonds. The first kappa shape index (κ1) is 12.6. The number of aryl methyl sites for hydroxylation is 2. The van der Waals surface area contributed by atoms with Crippen LogP contribution in [-0.2, 0) is 0 Å². The maximum atomic E-state index is 9.15. The highest BCUT2D eigenvalue weighted by Crippen LogP contribution is 2.31. The normalized spacial score (nSPS) is 15.8. The lowest BCUT2D eigenvalue weighted by atomic mass is 9.91. The van der Waals surface area contributed by atoms with Crippen LogP contribution in [0, 0.1) is 13.8 Å². The van der Waals surface area contributed by atoms with Gasteiger partial charge < -0.3 is 10.0 Å². The Labute approximate surface area is 107 Å². The molecule has 1 aromatic rings. The number of hydrogen-bond acceptors (Lipinski definition) is 4. The predicted octanol–water partition coefficient (Wildman–Crippen LogP) is 2.10. The molecule has 1 aliphatic carbocycles. The molecule has 0 atom stereocenters. The Morgan fingerprint density at radius 2 is 1.94 bits per heavy atom. The predicted molar refractivity (Wildman–Crippen MR) is 68.6 cm³/mol. The van der Waals surface area contributed by atoms with Gasteiger partial charge in [-0.2, -0.15) is 0 Å². The van der Waals surface area contributed by atoms with Gasteiger partial charge in [-0.1, -0.05) is 11.6 Å². The molecule has 17 heavy (non-hydrogen) atoms. The van der Waals surface area contributed by atoms with Crippen molar-refractivity contribution in [1.82, 2.24) is 9.97 Å². The third kappa shape index (κ3) is 2.53. The van der Waals surface area contributed by atoms with E-state index in [-0.39, 0.29) is 6.61 Å². The number of anilines is 1. The maximum Gasteiger partial charge on any atom is 0.171 e. The van der Waals surface area contributed by atoms with Crippen molar-refractivity contribution < 1.29 is 5.11 Å². The largest absolute Gasteiger partial charge is 0.395 e. The summed E-state index contributed by atoms with van der Waals surface area (Å²) in [6, 6.07) is 0.455. The molecule has 1 fully saturated rings. The van der Waals surface area contributed by atoms with Gasteiger partial charge in [0, 0.05) is 12.6 Å². The number of hydrogen-bond donors (Lipinski definition) is 1. The Morgan fingerprint density at radius 3 is 2.47 bits per heavy atom. The van der Waals surface area contributed by atoms with Crippen LogP contribution in [0.25, 0.3) is 0 Å². The van der Waals surface area contributed by atoms with Crippen molar-refractivity contribution in [3.63, 3.8) is 0 Å². The van der Waals surface area contributed by atoms with Crippen LogP contribution in [0.3, 0.4) is 0 Å². The monoisotopic (exact) mass is 255 g/mol. The van der Waals surface area contributed by atoms with Gasteiger partial charge in [0.15, 0.2) is 11.0 Å². The molecule has 0 radical (unpaired) electrons. The lowest BCUT2D eigenvalue weighted by molar-refractivity contribution is 0.283. The van der Waals surface area contributed by atoms with E-state index in [1.54, 1.807) is 0 Å². The van der Waals surface area contributed by atoms with Crippen LogP contribution in [0.4, 0.5) is 5.82 Å². The summed E-state index contributed by atoms with van der Waals surface area (Å²) in [7, 11) is 0. The first-order valence-corrected chi connectivity index (χ1v) is 6.39. The molecule has 1 heterocycles. The second-order valence-electron chi connectivity index (χ2n) is 4.51. The van der Waals surface area contributed by atoms with E-state index in [0.717, 1.165) is 24.2 Å². The maximum absolute atomic E-state index is 9.15. The van der Waals surface area contributed by atoms with Gasteiger partial charge in [0.05, 0.1) is 18.0 Å². The van der Waals surface area contributed by atoms with Crippen molar-refractivity contribution in [2.45, 2.75) is 39.2 Å². The molecule has 0 spiro atoms. The van der Waals surface area contributed by atoms with Gasteiger partial charge in [-0.05, 0) is 33.1 Å². The molecule has 1 aliphatic rings. The van der Waals surface area contributed by atoms with Crippen LogP contribution in [0.5, 0.6) is 0 Å². The molecule has 1 aromatic heterocycles. The summed E-state index contributed by atoms with van der Waals surface area (Å²) >= 11 is 6.16. The molecular weight excluding hydrogens is 238 g/mol. The van der Waals surface area contributed by atoms with Gasteiger partial charge in [-0.25, -0.2) is 9.97 Å². The minimum Gasteiger partial charge on any atom is -0.395 e. The molecule has 0 aromatic carbocycles.